The highest BCUT2D eigenvalue weighted by Crippen LogP contribution is 2.25. The Morgan fingerprint density at radius 3 is 2.50 bits per heavy atom. The van der Waals surface area contributed by atoms with Gasteiger partial charge >= 0.3 is 0 Å². The van der Waals surface area contributed by atoms with Crippen LogP contribution in [0.25, 0.3) is 0 Å². The summed E-state index contributed by atoms with van der Waals surface area (Å²) in [5.74, 6) is 0.795. The van der Waals surface area contributed by atoms with Crippen LogP contribution in [0.4, 0.5) is 11.4 Å². The van der Waals surface area contributed by atoms with Gasteiger partial charge in [-0.2, -0.15) is 0 Å². The molecule has 4 nitrogen and oxygen atoms in total. The van der Waals surface area contributed by atoms with Gasteiger partial charge in [-0.3, -0.25) is 9.78 Å². The second-order valence-electron chi connectivity index (χ2n) is 6.83. The molecule has 0 atom stereocenters. The number of hydrogen-bond acceptors (Lipinski definition) is 3. The number of amides is 1. The number of pyridine rings is 1. The number of nitrogens with one attached hydrogen (secondary N) is 1. The van der Waals surface area contributed by atoms with Crippen LogP contribution in [0.5, 0.6) is 0 Å². The van der Waals surface area contributed by atoms with E-state index >= 15 is 0 Å². The van der Waals surface area contributed by atoms with E-state index in [4.69, 9.17) is 0 Å². The number of aryl methyl sites for hydroxylation is 2. The molecule has 1 N–H and O–H groups in total. The van der Waals surface area contributed by atoms with Crippen molar-refractivity contribution in [2.24, 2.45) is 5.92 Å². The average molecular weight is 323 g/mol. The molecule has 0 spiro atoms. The highest BCUT2D eigenvalue weighted by atomic mass is 16.2. The molecule has 1 amide bonds. The fraction of sp³-hybridized carbons (Fsp3) is 0.400. The second kappa shape index (κ2) is 7.04. The summed E-state index contributed by atoms with van der Waals surface area (Å²) in [6.07, 6.45) is 5.59. The summed E-state index contributed by atoms with van der Waals surface area (Å²) in [5.41, 5.74) is 4.94. The van der Waals surface area contributed by atoms with Gasteiger partial charge in [0, 0.05) is 25.0 Å². The highest BCUT2D eigenvalue weighted by molar-refractivity contribution is 5.95. The number of likely N-dealkylation sites (tertiary alicyclic amines) is 1. The van der Waals surface area contributed by atoms with Crippen LogP contribution >= 0.6 is 0 Å². The van der Waals surface area contributed by atoms with Gasteiger partial charge in [-0.25, -0.2) is 0 Å². The third-order valence-electron chi connectivity index (χ3n) is 4.81. The van der Waals surface area contributed by atoms with Crippen LogP contribution in [0.2, 0.25) is 0 Å². The topological polar surface area (TPSA) is 45.2 Å². The quantitative estimate of drug-likeness (QED) is 0.915. The maximum Gasteiger partial charge on any atom is 0.255 e. The molecule has 3 rings (SSSR count). The number of piperidine rings is 1. The van der Waals surface area contributed by atoms with Crippen LogP contribution in [0.1, 0.15) is 41.3 Å². The van der Waals surface area contributed by atoms with Crippen molar-refractivity contribution < 1.29 is 4.79 Å². The number of benzene rings is 1. The Balaban J connectivity index is 1.78. The highest BCUT2D eigenvalue weighted by Gasteiger charge is 2.21. The monoisotopic (exact) mass is 323 g/mol. The van der Waals surface area contributed by atoms with Crippen LogP contribution in [-0.2, 0) is 0 Å². The number of anilines is 2. The lowest BCUT2D eigenvalue weighted by molar-refractivity contribution is 0.0697. The maximum atomic E-state index is 12.7. The van der Waals surface area contributed by atoms with Gasteiger partial charge < -0.3 is 10.2 Å². The van der Waals surface area contributed by atoms with Crippen molar-refractivity contribution in [2.75, 3.05) is 18.4 Å². The van der Waals surface area contributed by atoms with E-state index in [1.54, 1.807) is 12.4 Å². The van der Waals surface area contributed by atoms with E-state index in [9.17, 15) is 4.79 Å². The molecule has 0 aliphatic carbocycles. The summed E-state index contributed by atoms with van der Waals surface area (Å²) < 4.78 is 0. The smallest absolute Gasteiger partial charge is 0.255 e. The number of aromatic nitrogens is 1. The van der Waals surface area contributed by atoms with Crippen molar-refractivity contribution >= 4 is 17.3 Å². The molecule has 0 saturated carbocycles. The molecule has 2 heterocycles. The normalized spacial score (nSPS) is 15.4. The summed E-state index contributed by atoms with van der Waals surface area (Å²) >= 11 is 0. The molecule has 0 bridgehead atoms. The van der Waals surface area contributed by atoms with E-state index in [1.807, 2.05) is 17.0 Å². The fourth-order valence-corrected chi connectivity index (χ4v) is 3.18. The van der Waals surface area contributed by atoms with Crippen LogP contribution < -0.4 is 5.32 Å². The molecule has 1 aliphatic rings. The van der Waals surface area contributed by atoms with Crippen LogP contribution in [0, 0.1) is 19.8 Å². The Hall–Kier alpha value is -2.36. The van der Waals surface area contributed by atoms with Gasteiger partial charge in [0.2, 0.25) is 0 Å². The second-order valence-corrected chi connectivity index (χ2v) is 6.83. The Morgan fingerprint density at radius 1 is 1.17 bits per heavy atom. The molecule has 1 aliphatic heterocycles. The summed E-state index contributed by atoms with van der Waals surface area (Å²) in [4.78, 5) is 18.9. The first-order valence-electron chi connectivity index (χ1n) is 8.62. The average Bonchev–Trinajstić information content (AvgIpc) is 2.59. The van der Waals surface area contributed by atoms with Crippen LogP contribution in [-0.4, -0.2) is 28.9 Å². The van der Waals surface area contributed by atoms with Crippen molar-refractivity contribution in [3.05, 3.63) is 53.3 Å². The Bertz CT molecular complexity index is 713. The zero-order valence-corrected chi connectivity index (χ0v) is 14.7. The molecule has 126 valence electrons. The van der Waals surface area contributed by atoms with Gasteiger partial charge in [-0.15, -0.1) is 0 Å². The lowest BCUT2D eigenvalue weighted by atomic mass is 9.99. The van der Waals surface area contributed by atoms with Gasteiger partial charge in [0.15, 0.2) is 0 Å². The van der Waals surface area contributed by atoms with Crippen molar-refractivity contribution in [1.82, 2.24) is 9.88 Å². The van der Waals surface area contributed by atoms with Gasteiger partial charge in [0.25, 0.3) is 5.91 Å². The zero-order chi connectivity index (χ0) is 17.1. The molecular formula is C20H25N3O. The molecule has 2 aromatic rings. The minimum absolute atomic E-state index is 0.0829. The minimum atomic E-state index is 0.0829. The van der Waals surface area contributed by atoms with Gasteiger partial charge in [0.1, 0.15) is 0 Å². The first-order valence-corrected chi connectivity index (χ1v) is 8.62. The van der Waals surface area contributed by atoms with E-state index in [-0.39, 0.29) is 5.91 Å². The van der Waals surface area contributed by atoms with Crippen molar-refractivity contribution in [3.63, 3.8) is 0 Å². The molecule has 1 aromatic heterocycles. The van der Waals surface area contributed by atoms with Crippen LogP contribution in [0.3, 0.4) is 0 Å². The number of carbonyl (C=O) groups excluding carboxylic acids is 1. The standard InChI is InChI=1S/C20H25N3O/c1-14-7-9-23(10-8-14)20(24)17-11-18(13-21-12-17)22-19-15(2)5-4-6-16(19)3/h4-6,11-14,22H,7-10H2,1-3H3. The van der Waals surface area contributed by atoms with E-state index in [2.05, 4.69) is 43.2 Å². The number of para-hydroxylation sites is 1. The van der Waals surface area contributed by atoms with Crippen molar-refractivity contribution in [2.45, 2.75) is 33.6 Å². The summed E-state index contributed by atoms with van der Waals surface area (Å²) in [6, 6.07) is 8.10. The first kappa shape index (κ1) is 16.5. The van der Waals surface area contributed by atoms with E-state index in [0.717, 1.165) is 37.3 Å². The SMILES string of the molecule is Cc1cccc(C)c1Nc1cncc(C(=O)N2CCC(C)CC2)c1. The van der Waals surface area contributed by atoms with E-state index in [1.165, 1.54) is 11.1 Å². The summed E-state index contributed by atoms with van der Waals surface area (Å²) in [6.45, 7) is 8.08. The Morgan fingerprint density at radius 2 is 1.83 bits per heavy atom. The number of rotatable bonds is 3. The third-order valence-corrected chi connectivity index (χ3v) is 4.81. The predicted octanol–water partition coefficient (Wildman–Crippen LogP) is 4.31. The van der Waals surface area contributed by atoms with Gasteiger partial charge in [-0.05, 0) is 49.8 Å². The molecule has 1 aromatic carbocycles. The van der Waals surface area contributed by atoms with Gasteiger partial charge in [-0.1, -0.05) is 25.1 Å². The van der Waals surface area contributed by atoms with Gasteiger partial charge in [0.05, 0.1) is 17.4 Å². The number of carbonyl (C=O) groups is 1. The molecule has 24 heavy (non-hydrogen) atoms. The van der Waals surface area contributed by atoms with E-state index in [0.29, 0.717) is 11.5 Å². The summed E-state index contributed by atoms with van der Waals surface area (Å²) in [7, 11) is 0. The summed E-state index contributed by atoms with van der Waals surface area (Å²) in [5, 5.41) is 3.41. The van der Waals surface area contributed by atoms with Crippen molar-refractivity contribution in [3.8, 4) is 0 Å². The third kappa shape index (κ3) is 3.58. The zero-order valence-electron chi connectivity index (χ0n) is 14.7. The Kier molecular flexibility index (Phi) is 4.84. The lowest BCUT2D eigenvalue weighted by Crippen LogP contribution is -2.37. The molecule has 1 saturated heterocycles. The van der Waals surface area contributed by atoms with E-state index < -0.39 is 0 Å². The number of nitrogens with zero attached hydrogens (tertiary/aromatic N) is 2. The van der Waals surface area contributed by atoms with Crippen molar-refractivity contribution in [1.29, 1.82) is 0 Å². The molecule has 0 unspecified atom stereocenters. The molecule has 0 radical (unpaired) electrons. The molecule has 4 heteroatoms. The fourth-order valence-electron chi connectivity index (χ4n) is 3.18. The molecular weight excluding hydrogens is 298 g/mol. The lowest BCUT2D eigenvalue weighted by Gasteiger charge is -2.30. The minimum Gasteiger partial charge on any atom is -0.354 e. The predicted molar refractivity (Wildman–Crippen MR) is 97.7 cm³/mol. The maximum absolute atomic E-state index is 12.7. The first-order chi connectivity index (χ1) is 11.5. The number of hydrogen-bond donors (Lipinski definition) is 1. The van der Waals surface area contributed by atoms with Crippen LogP contribution in [0.15, 0.2) is 36.7 Å². The molecule has 1 fully saturated rings. The largest absolute Gasteiger partial charge is 0.354 e. The Labute approximate surface area is 143 Å².